The number of hydrogen-bond donors (Lipinski definition) is 2. The molecule has 7 heteroatoms. The molecular formula is C29H44N4O3. The number of rotatable bonds is 8. The van der Waals surface area contributed by atoms with E-state index >= 15 is 0 Å². The van der Waals surface area contributed by atoms with Crippen LogP contribution >= 0.6 is 0 Å². The Balaban J connectivity index is 0.000000967. The minimum atomic E-state index is -0.375. The molecule has 5 rings (SSSR count). The summed E-state index contributed by atoms with van der Waals surface area (Å²) < 4.78 is 6.37. The second-order valence-electron chi connectivity index (χ2n) is 10.9. The lowest BCUT2D eigenvalue weighted by atomic mass is 9.61. The van der Waals surface area contributed by atoms with E-state index in [-0.39, 0.29) is 11.9 Å². The predicted molar refractivity (Wildman–Crippen MR) is 144 cm³/mol. The minimum Gasteiger partial charge on any atom is -0.375 e. The van der Waals surface area contributed by atoms with Gasteiger partial charge in [0.25, 0.3) is 5.91 Å². The van der Waals surface area contributed by atoms with E-state index in [2.05, 4.69) is 34.2 Å². The van der Waals surface area contributed by atoms with Crippen LogP contribution in [-0.4, -0.2) is 75.6 Å². The van der Waals surface area contributed by atoms with Crippen molar-refractivity contribution in [3.8, 4) is 0 Å². The molecule has 0 radical (unpaired) electrons. The van der Waals surface area contributed by atoms with Gasteiger partial charge in [-0.15, -0.1) is 6.58 Å². The molecule has 3 aliphatic heterocycles. The van der Waals surface area contributed by atoms with Crippen LogP contribution in [0.2, 0.25) is 0 Å². The summed E-state index contributed by atoms with van der Waals surface area (Å²) in [5, 5.41) is 6.16. The van der Waals surface area contributed by atoms with Crippen LogP contribution in [0.4, 0.5) is 5.69 Å². The van der Waals surface area contributed by atoms with Crippen molar-refractivity contribution in [2.24, 2.45) is 5.41 Å². The van der Waals surface area contributed by atoms with Gasteiger partial charge in [0.1, 0.15) is 6.29 Å². The third-order valence-electron chi connectivity index (χ3n) is 8.33. The highest BCUT2D eigenvalue weighted by Gasteiger charge is 2.47. The average Bonchev–Trinajstić information content (AvgIpc) is 3.21. The fourth-order valence-corrected chi connectivity index (χ4v) is 6.23. The van der Waals surface area contributed by atoms with E-state index in [4.69, 9.17) is 4.74 Å². The fraction of sp³-hybridized carbons (Fsp3) is 0.655. The molecule has 0 aromatic heterocycles. The molecule has 2 N–H and O–H groups in total. The smallest absolute Gasteiger partial charge is 0.255 e. The van der Waals surface area contributed by atoms with Gasteiger partial charge in [0, 0.05) is 30.9 Å². The molecule has 2 saturated heterocycles. The summed E-state index contributed by atoms with van der Waals surface area (Å²) in [6.07, 6.45) is 12.2. The Kier molecular flexibility index (Phi) is 9.20. The summed E-state index contributed by atoms with van der Waals surface area (Å²) >= 11 is 0. The van der Waals surface area contributed by atoms with E-state index in [0.717, 1.165) is 62.9 Å². The molecule has 36 heavy (non-hydrogen) atoms. The Labute approximate surface area is 216 Å². The highest BCUT2D eigenvalue weighted by molar-refractivity contribution is 6.00. The number of anilines is 1. The van der Waals surface area contributed by atoms with E-state index in [1.165, 1.54) is 31.4 Å². The number of carbonyl (C=O) groups excluding carboxylic acids is 2. The number of carbonyl (C=O) groups is 2. The van der Waals surface area contributed by atoms with E-state index in [1.807, 2.05) is 20.2 Å². The molecular weight excluding hydrogens is 452 g/mol. The maximum absolute atomic E-state index is 12.9. The highest BCUT2D eigenvalue weighted by atomic mass is 16.5. The summed E-state index contributed by atoms with van der Waals surface area (Å²) in [5.41, 5.74) is 3.46. The Hall–Kier alpha value is -2.22. The molecule has 0 bridgehead atoms. The van der Waals surface area contributed by atoms with Crippen molar-refractivity contribution in [1.29, 1.82) is 0 Å². The molecule has 1 atom stereocenters. The molecule has 1 spiro atoms. The number of fused-ring (bicyclic) bond motifs is 1. The molecule has 1 saturated carbocycles. The van der Waals surface area contributed by atoms with Crippen LogP contribution in [0, 0.1) is 5.41 Å². The number of nitrogens with zero attached hydrogens (tertiary/aromatic N) is 2. The minimum absolute atomic E-state index is 0.0235. The lowest BCUT2D eigenvalue weighted by Crippen LogP contribution is -2.51. The Morgan fingerprint density at radius 3 is 2.53 bits per heavy atom. The molecule has 1 aromatic carbocycles. The molecule has 1 aliphatic carbocycles. The van der Waals surface area contributed by atoms with Gasteiger partial charge < -0.3 is 30.0 Å². The van der Waals surface area contributed by atoms with Crippen molar-refractivity contribution in [3.63, 3.8) is 0 Å². The van der Waals surface area contributed by atoms with Crippen molar-refractivity contribution in [1.82, 2.24) is 15.5 Å². The lowest BCUT2D eigenvalue weighted by Gasteiger charge is -2.53. The van der Waals surface area contributed by atoms with Crippen molar-refractivity contribution < 1.29 is 14.3 Å². The van der Waals surface area contributed by atoms with Crippen LogP contribution in [-0.2, 0) is 16.1 Å². The van der Waals surface area contributed by atoms with Crippen molar-refractivity contribution in [3.05, 3.63) is 42.0 Å². The number of benzene rings is 1. The number of aldehydes is 1. The quantitative estimate of drug-likeness (QED) is 0.424. The summed E-state index contributed by atoms with van der Waals surface area (Å²) in [7, 11) is 3.75. The van der Waals surface area contributed by atoms with Gasteiger partial charge >= 0.3 is 0 Å². The van der Waals surface area contributed by atoms with E-state index in [1.54, 1.807) is 11.0 Å². The van der Waals surface area contributed by atoms with Gasteiger partial charge in [-0.1, -0.05) is 6.08 Å². The summed E-state index contributed by atoms with van der Waals surface area (Å²) in [6.45, 7) is 8.56. The van der Waals surface area contributed by atoms with Crippen LogP contribution in [0.5, 0.6) is 0 Å². The summed E-state index contributed by atoms with van der Waals surface area (Å²) in [5.74, 6) is -0.0235. The number of allylic oxidation sites excluding steroid dienone is 1. The van der Waals surface area contributed by atoms with Crippen LogP contribution in [0.25, 0.3) is 0 Å². The number of nitrogens with one attached hydrogen (secondary N) is 2. The standard InChI is InChI=1S/C27H37N3O3.C2H7N/c1-2-3-4-22(19-31)30-18-20-15-21(5-6-25(20)26(30)32)29-13-9-27(10-14-29)16-24(17-27)33-23-7-11-28-12-8-23;1-3-2/h2,5-6,15,19,22-24,28H,1,3-4,7-14,16-18H2;3H,1-2H3. The van der Waals surface area contributed by atoms with Gasteiger partial charge in [-0.3, -0.25) is 4.79 Å². The zero-order valence-electron chi connectivity index (χ0n) is 22.1. The van der Waals surface area contributed by atoms with Crippen molar-refractivity contribution in [2.75, 3.05) is 45.2 Å². The molecule has 1 aromatic rings. The highest BCUT2D eigenvalue weighted by Crippen LogP contribution is 2.51. The summed E-state index contributed by atoms with van der Waals surface area (Å²) in [4.78, 5) is 28.6. The molecule has 1 amide bonds. The van der Waals surface area contributed by atoms with E-state index in [0.29, 0.717) is 30.6 Å². The Bertz CT molecular complexity index is 898. The first-order chi connectivity index (χ1) is 17.5. The second-order valence-corrected chi connectivity index (χ2v) is 10.9. The third-order valence-corrected chi connectivity index (χ3v) is 8.33. The van der Waals surface area contributed by atoms with E-state index in [9.17, 15) is 9.59 Å². The van der Waals surface area contributed by atoms with Gasteiger partial charge in [0.2, 0.25) is 0 Å². The molecule has 198 valence electrons. The fourth-order valence-electron chi connectivity index (χ4n) is 6.23. The largest absolute Gasteiger partial charge is 0.375 e. The monoisotopic (exact) mass is 496 g/mol. The predicted octanol–water partition coefficient (Wildman–Crippen LogP) is 3.53. The van der Waals surface area contributed by atoms with Crippen LogP contribution in [0.1, 0.15) is 67.3 Å². The Morgan fingerprint density at radius 1 is 1.19 bits per heavy atom. The number of ether oxygens (including phenoxy) is 1. The number of piperidine rings is 2. The van der Waals surface area contributed by atoms with Crippen LogP contribution in [0.15, 0.2) is 30.9 Å². The first-order valence-electron chi connectivity index (χ1n) is 13.7. The van der Waals surface area contributed by atoms with Gasteiger partial charge in [0.15, 0.2) is 0 Å². The van der Waals surface area contributed by atoms with Crippen molar-refractivity contribution >= 4 is 17.9 Å². The second kappa shape index (κ2) is 12.3. The third kappa shape index (κ3) is 6.01. The molecule has 7 nitrogen and oxygen atoms in total. The molecule has 4 aliphatic rings. The molecule has 3 heterocycles. The SMILES string of the molecule is C=CCCC(C=O)N1Cc2cc(N3CCC4(CC3)CC(OC3CCNCC3)C4)ccc2C1=O.CNC. The molecule has 3 fully saturated rings. The maximum Gasteiger partial charge on any atom is 0.255 e. The van der Waals surface area contributed by atoms with Crippen LogP contribution < -0.4 is 15.5 Å². The lowest BCUT2D eigenvalue weighted by molar-refractivity contribution is -0.127. The summed E-state index contributed by atoms with van der Waals surface area (Å²) in [6, 6.07) is 5.84. The first kappa shape index (κ1) is 26.8. The number of hydrogen-bond acceptors (Lipinski definition) is 6. The molecule has 1 unspecified atom stereocenters. The Morgan fingerprint density at radius 2 is 1.89 bits per heavy atom. The van der Waals surface area contributed by atoms with Gasteiger partial charge in [-0.2, -0.15) is 0 Å². The topological polar surface area (TPSA) is 73.9 Å². The average molecular weight is 497 g/mol. The van der Waals surface area contributed by atoms with Gasteiger partial charge in [-0.25, -0.2) is 0 Å². The van der Waals surface area contributed by atoms with Gasteiger partial charge in [-0.05, 0) is 108 Å². The normalized spacial score (nSPS) is 22.4. The van der Waals surface area contributed by atoms with Gasteiger partial charge in [0.05, 0.1) is 18.2 Å². The zero-order chi connectivity index (χ0) is 25.5. The maximum atomic E-state index is 12.9. The van der Waals surface area contributed by atoms with Crippen molar-refractivity contribution in [2.45, 2.75) is 76.2 Å². The number of amides is 1. The van der Waals surface area contributed by atoms with E-state index < -0.39 is 0 Å². The zero-order valence-corrected chi connectivity index (χ0v) is 22.1. The van der Waals surface area contributed by atoms with Crippen LogP contribution in [0.3, 0.4) is 0 Å². The first-order valence-corrected chi connectivity index (χ1v) is 13.7.